The molecule has 4 nitrogen and oxygen atoms in total. The van der Waals surface area contributed by atoms with E-state index < -0.39 is 0 Å². The number of aromatic nitrogens is 3. The molecule has 3 N–H and O–H groups in total. The summed E-state index contributed by atoms with van der Waals surface area (Å²) < 4.78 is 0. The van der Waals surface area contributed by atoms with Crippen molar-refractivity contribution in [1.82, 2.24) is 15.2 Å². The number of aryl methyl sites for hydroxylation is 1. The molecule has 1 rings (SSSR count). The molecule has 74 valence electrons. The van der Waals surface area contributed by atoms with Gasteiger partial charge in [0.05, 0.1) is 6.04 Å². The monoisotopic (exact) mass is 182 g/mol. The van der Waals surface area contributed by atoms with Gasteiger partial charge in [-0.05, 0) is 12.3 Å². The first-order chi connectivity index (χ1) is 6.15. The van der Waals surface area contributed by atoms with Gasteiger partial charge in [0.25, 0.3) is 0 Å². The van der Waals surface area contributed by atoms with Crippen LogP contribution in [0.5, 0.6) is 0 Å². The average Bonchev–Trinajstić information content (AvgIpc) is 2.52. The maximum Gasteiger partial charge on any atom is 0.167 e. The Labute approximate surface area is 78.9 Å². The van der Waals surface area contributed by atoms with Gasteiger partial charge in [-0.25, -0.2) is 4.98 Å². The smallest absolute Gasteiger partial charge is 0.167 e. The van der Waals surface area contributed by atoms with Crippen LogP contribution >= 0.6 is 0 Å². The van der Waals surface area contributed by atoms with Gasteiger partial charge in [0.2, 0.25) is 0 Å². The van der Waals surface area contributed by atoms with Crippen molar-refractivity contribution in [3.05, 3.63) is 11.6 Å². The van der Waals surface area contributed by atoms with Gasteiger partial charge in [-0.1, -0.05) is 20.8 Å². The van der Waals surface area contributed by atoms with Gasteiger partial charge < -0.3 is 5.73 Å². The lowest BCUT2D eigenvalue weighted by Crippen LogP contribution is -2.18. The molecule has 0 radical (unpaired) electrons. The highest BCUT2D eigenvalue weighted by molar-refractivity contribution is 4.96. The lowest BCUT2D eigenvalue weighted by atomic mass is 10.1. The third-order valence-corrected chi connectivity index (χ3v) is 2.05. The molecule has 0 saturated carbocycles. The molecule has 1 atom stereocenters. The van der Waals surface area contributed by atoms with Crippen LogP contribution in [-0.4, -0.2) is 15.2 Å². The van der Waals surface area contributed by atoms with Gasteiger partial charge in [-0.2, -0.15) is 5.10 Å². The summed E-state index contributed by atoms with van der Waals surface area (Å²) >= 11 is 0. The summed E-state index contributed by atoms with van der Waals surface area (Å²) in [6.45, 7) is 6.26. The van der Waals surface area contributed by atoms with E-state index in [1.807, 2.05) is 0 Å². The minimum Gasteiger partial charge on any atom is -0.321 e. The number of nitrogens with one attached hydrogen (secondary N) is 1. The molecular formula is C9H18N4. The normalized spacial score (nSPS) is 13.6. The lowest BCUT2D eigenvalue weighted by Gasteiger charge is -2.10. The molecule has 1 aromatic heterocycles. The first kappa shape index (κ1) is 10.2. The van der Waals surface area contributed by atoms with E-state index in [0.29, 0.717) is 5.92 Å². The second-order valence-corrected chi connectivity index (χ2v) is 3.66. The Morgan fingerprint density at radius 1 is 1.46 bits per heavy atom. The quantitative estimate of drug-likeness (QED) is 0.739. The largest absolute Gasteiger partial charge is 0.321 e. The fourth-order valence-corrected chi connectivity index (χ4v) is 1.11. The summed E-state index contributed by atoms with van der Waals surface area (Å²) in [5.41, 5.74) is 5.90. The Morgan fingerprint density at radius 2 is 2.15 bits per heavy atom. The fourth-order valence-electron chi connectivity index (χ4n) is 1.11. The summed E-state index contributed by atoms with van der Waals surface area (Å²) in [5.74, 6) is 2.05. The molecule has 0 bridgehead atoms. The highest BCUT2D eigenvalue weighted by atomic mass is 15.2. The van der Waals surface area contributed by atoms with Gasteiger partial charge in [0, 0.05) is 6.42 Å². The summed E-state index contributed by atoms with van der Waals surface area (Å²) in [4.78, 5) is 4.33. The lowest BCUT2D eigenvalue weighted by molar-refractivity contribution is 0.491. The molecule has 13 heavy (non-hydrogen) atoms. The Morgan fingerprint density at radius 3 is 2.69 bits per heavy atom. The zero-order valence-corrected chi connectivity index (χ0v) is 8.54. The van der Waals surface area contributed by atoms with Gasteiger partial charge in [0.15, 0.2) is 5.82 Å². The molecule has 1 heterocycles. The molecule has 0 aliphatic rings. The van der Waals surface area contributed by atoms with E-state index in [2.05, 4.69) is 36.0 Å². The van der Waals surface area contributed by atoms with E-state index in [-0.39, 0.29) is 6.04 Å². The second kappa shape index (κ2) is 4.37. The minimum absolute atomic E-state index is 0.0538. The Hall–Kier alpha value is -0.900. The minimum atomic E-state index is -0.0538. The van der Waals surface area contributed by atoms with E-state index in [4.69, 9.17) is 5.73 Å². The van der Waals surface area contributed by atoms with Crippen LogP contribution in [0.4, 0.5) is 0 Å². The van der Waals surface area contributed by atoms with Crippen LogP contribution in [0.1, 0.15) is 44.9 Å². The third kappa shape index (κ3) is 2.52. The van der Waals surface area contributed by atoms with E-state index in [1.165, 1.54) is 0 Å². The van der Waals surface area contributed by atoms with Crippen LogP contribution < -0.4 is 5.73 Å². The van der Waals surface area contributed by atoms with E-state index >= 15 is 0 Å². The molecule has 0 aromatic carbocycles. The molecule has 0 aliphatic heterocycles. The fraction of sp³-hybridized carbons (Fsp3) is 0.778. The highest BCUT2D eigenvalue weighted by Gasteiger charge is 2.15. The van der Waals surface area contributed by atoms with E-state index in [0.717, 1.165) is 24.5 Å². The molecule has 4 heteroatoms. The molecule has 0 spiro atoms. The highest BCUT2D eigenvalue weighted by Crippen LogP contribution is 2.14. The molecule has 1 aromatic rings. The van der Waals surface area contributed by atoms with E-state index in [9.17, 15) is 0 Å². The number of nitrogens with zero attached hydrogens (tertiary/aromatic N) is 2. The summed E-state index contributed by atoms with van der Waals surface area (Å²) in [6.07, 6.45) is 2.02. The van der Waals surface area contributed by atoms with Gasteiger partial charge >= 0.3 is 0 Å². The van der Waals surface area contributed by atoms with Crippen molar-refractivity contribution in [2.75, 3.05) is 0 Å². The summed E-state index contributed by atoms with van der Waals surface area (Å²) in [7, 11) is 0. The number of hydrogen-bond donors (Lipinski definition) is 2. The van der Waals surface area contributed by atoms with Crippen molar-refractivity contribution in [2.24, 2.45) is 11.7 Å². The van der Waals surface area contributed by atoms with Gasteiger partial charge in [-0.3, -0.25) is 5.10 Å². The molecule has 0 amide bonds. The van der Waals surface area contributed by atoms with Crippen molar-refractivity contribution in [3.63, 3.8) is 0 Å². The molecule has 0 unspecified atom stereocenters. The molecule has 0 aliphatic carbocycles. The zero-order chi connectivity index (χ0) is 9.84. The van der Waals surface area contributed by atoms with Crippen LogP contribution in [-0.2, 0) is 6.42 Å². The topological polar surface area (TPSA) is 67.6 Å². The van der Waals surface area contributed by atoms with Crippen molar-refractivity contribution >= 4 is 0 Å². The van der Waals surface area contributed by atoms with Crippen LogP contribution in [0.3, 0.4) is 0 Å². The van der Waals surface area contributed by atoms with Crippen molar-refractivity contribution in [1.29, 1.82) is 0 Å². The van der Waals surface area contributed by atoms with Crippen LogP contribution in [0.25, 0.3) is 0 Å². The molecule has 0 fully saturated rings. The Bertz CT molecular complexity index is 254. The first-order valence-corrected chi connectivity index (χ1v) is 4.82. The number of rotatable bonds is 4. The van der Waals surface area contributed by atoms with Crippen LogP contribution in [0.2, 0.25) is 0 Å². The average molecular weight is 182 g/mol. The summed E-state index contributed by atoms with van der Waals surface area (Å²) in [5, 5.41) is 7.00. The Balaban J connectivity index is 2.67. The molecular weight excluding hydrogens is 164 g/mol. The van der Waals surface area contributed by atoms with E-state index in [1.54, 1.807) is 0 Å². The van der Waals surface area contributed by atoms with Gasteiger partial charge in [0.1, 0.15) is 5.82 Å². The molecule has 0 saturated heterocycles. The number of nitrogens with two attached hydrogens (primary N) is 1. The maximum atomic E-state index is 5.90. The number of hydrogen-bond acceptors (Lipinski definition) is 3. The third-order valence-electron chi connectivity index (χ3n) is 2.05. The second-order valence-electron chi connectivity index (χ2n) is 3.66. The first-order valence-electron chi connectivity index (χ1n) is 4.82. The predicted octanol–water partition coefficient (Wildman–Crippen LogP) is 1.41. The standard InChI is InChI=1S/C9H18N4/c1-4-5-7-11-9(13-12-7)8(10)6(2)3/h6,8H,4-5,10H2,1-3H3,(H,11,12,13)/t8-/m0/s1. The maximum absolute atomic E-state index is 5.90. The van der Waals surface area contributed by atoms with Crippen LogP contribution in [0, 0.1) is 5.92 Å². The number of aromatic amines is 1. The SMILES string of the molecule is CCCc1nc([C@@H](N)C(C)C)n[nH]1. The Kier molecular flexibility index (Phi) is 3.42. The number of H-pyrrole nitrogens is 1. The summed E-state index contributed by atoms with van der Waals surface area (Å²) in [6, 6.07) is -0.0538. The van der Waals surface area contributed by atoms with Crippen LogP contribution in [0.15, 0.2) is 0 Å². The van der Waals surface area contributed by atoms with Crippen molar-refractivity contribution in [3.8, 4) is 0 Å². The zero-order valence-electron chi connectivity index (χ0n) is 8.54. The van der Waals surface area contributed by atoms with Crippen molar-refractivity contribution < 1.29 is 0 Å². The van der Waals surface area contributed by atoms with Gasteiger partial charge in [-0.15, -0.1) is 0 Å². The predicted molar refractivity (Wildman–Crippen MR) is 52.1 cm³/mol. The van der Waals surface area contributed by atoms with Crippen molar-refractivity contribution in [2.45, 2.75) is 39.7 Å².